The highest BCUT2D eigenvalue weighted by Crippen LogP contribution is 2.41. The Bertz CT molecular complexity index is 943. The first-order valence-corrected chi connectivity index (χ1v) is 18.5. The minimum atomic E-state index is -2.06. The van der Waals surface area contributed by atoms with Gasteiger partial charge in [0.2, 0.25) is 0 Å². The lowest BCUT2D eigenvalue weighted by Crippen LogP contribution is -2.45. The summed E-state index contributed by atoms with van der Waals surface area (Å²) < 4.78 is 19.3. The summed E-state index contributed by atoms with van der Waals surface area (Å²) >= 11 is 0. The Hall–Kier alpha value is -1.66. The van der Waals surface area contributed by atoms with E-state index >= 15 is 0 Å². The summed E-state index contributed by atoms with van der Waals surface area (Å²) in [6, 6.07) is 9.80. The molecule has 6 heteroatoms. The first-order valence-electron chi connectivity index (χ1n) is 12.7. The van der Waals surface area contributed by atoms with Crippen molar-refractivity contribution in [2.75, 3.05) is 6.61 Å². The first kappa shape index (κ1) is 29.6. The van der Waals surface area contributed by atoms with E-state index in [1.807, 2.05) is 30.3 Å². The maximum absolute atomic E-state index is 12.6. The zero-order valence-corrected chi connectivity index (χ0v) is 25.6. The predicted molar refractivity (Wildman–Crippen MR) is 151 cm³/mol. The van der Waals surface area contributed by atoms with Crippen molar-refractivity contribution in [2.24, 2.45) is 5.92 Å². The van der Waals surface area contributed by atoms with Gasteiger partial charge in [0.25, 0.3) is 0 Å². The Morgan fingerprint density at radius 3 is 2.11 bits per heavy atom. The van der Waals surface area contributed by atoms with E-state index in [1.54, 1.807) is 0 Å². The van der Waals surface area contributed by atoms with Crippen molar-refractivity contribution in [1.82, 2.24) is 0 Å². The highest BCUT2D eigenvalue weighted by atomic mass is 28.4. The van der Waals surface area contributed by atoms with Gasteiger partial charge >= 0.3 is 0 Å². The lowest BCUT2D eigenvalue weighted by atomic mass is 10.0. The third-order valence-corrected chi connectivity index (χ3v) is 16.8. The SMILES string of the molecule is C=C1C(=O)C[C@@H](O[Si](C)(C)C(C)(C)C)[C@@H]1C#C[C@H](CCOc1ccccc1)O[Si](C)(C)C(C)(C)C. The standard InChI is InChI=1S/C29H46O4Si2/c1-22-25(27(21-26(22)30)33-35(10,11)29(5,6)7)18-17-24(32-34(8,9)28(2,3)4)19-20-31-23-15-13-12-14-16-23/h12-16,24-25,27H,1,19-21H2,2-11H3/t24-,25-,27-/m1/s1. The summed E-state index contributed by atoms with van der Waals surface area (Å²) in [6.45, 7) is 26.8. The number of rotatable bonds is 8. The summed E-state index contributed by atoms with van der Waals surface area (Å²) in [5.41, 5.74) is 0.563. The molecule has 0 unspecified atom stereocenters. The van der Waals surface area contributed by atoms with Crippen molar-refractivity contribution >= 4 is 22.4 Å². The number of para-hydroxylation sites is 1. The number of ether oxygens (including phenoxy) is 1. The first-order chi connectivity index (χ1) is 15.9. The molecular formula is C29H46O4Si2. The number of benzene rings is 1. The molecule has 0 aromatic heterocycles. The number of carbonyl (C=O) groups is 1. The van der Waals surface area contributed by atoms with Crippen molar-refractivity contribution in [3.63, 3.8) is 0 Å². The molecule has 1 aromatic carbocycles. The molecule has 0 aliphatic heterocycles. The fourth-order valence-electron chi connectivity index (χ4n) is 3.35. The molecule has 0 saturated heterocycles. The molecule has 3 atom stereocenters. The van der Waals surface area contributed by atoms with E-state index in [2.05, 4.69) is 86.2 Å². The van der Waals surface area contributed by atoms with Crippen LogP contribution in [0.15, 0.2) is 42.5 Å². The molecule has 1 aliphatic rings. The van der Waals surface area contributed by atoms with Crippen LogP contribution < -0.4 is 4.74 Å². The lowest BCUT2D eigenvalue weighted by molar-refractivity contribution is -0.115. The van der Waals surface area contributed by atoms with Crippen LogP contribution in [0, 0.1) is 17.8 Å². The Kier molecular flexibility index (Phi) is 9.44. The van der Waals surface area contributed by atoms with Gasteiger partial charge in [-0.2, -0.15) is 0 Å². The Balaban J connectivity index is 2.25. The third-order valence-electron chi connectivity index (χ3n) is 7.78. The van der Waals surface area contributed by atoms with E-state index < -0.39 is 16.6 Å². The fraction of sp³-hybridized carbons (Fsp3) is 0.621. The average molecular weight is 515 g/mol. The van der Waals surface area contributed by atoms with Crippen LogP contribution in [0.5, 0.6) is 5.75 Å². The summed E-state index contributed by atoms with van der Waals surface area (Å²) in [5, 5.41) is 0.120. The van der Waals surface area contributed by atoms with Gasteiger partial charge in [-0.05, 0) is 48.4 Å². The quantitative estimate of drug-likeness (QED) is 0.206. The van der Waals surface area contributed by atoms with Crippen LogP contribution >= 0.6 is 0 Å². The maximum atomic E-state index is 12.6. The number of hydrogen-bond acceptors (Lipinski definition) is 4. The van der Waals surface area contributed by atoms with Crippen LogP contribution in [0.2, 0.25) is 36.3 Å². The van der Waals surface area contributed by atoms with E-state index in [0.717, 1.165) is 5.75 Å². The van der Waals surface area contributed by atoms with Crippen molar-refractivity contribution < 1.29 is 18.4 Å². The number of Topliss-reactive ketones (excluding diaryl/α,β-unsaturated/α-hetero) is 1. The van der Waals surface area contributed by atoms with Gasteiger partial charge in [0.05, 0.1) is 18.6 Å². The largest absolute Gasteiger partial charge is 0.493 e. The van der Waals surface area contributed by atoms with Crippen LogP contribution in [-0.4, -0.2) is 41.2 Å². The minimum absolute atomic E-state index is 0.0563. The van der Waals surface area contributed by atoms with E-state index in [-0.39, 0.29) is 34.0 Å². The Morgan fingerprint density at radius 1 is 1.00 bits per heavy atom. The highest BCUT2D eigenvalue weighted by molar-refractivity contribution is 6.74. The molecule has 0 amide bonds. The molecule has 0 N–H and O–H groups in total. The molecule has 1 fully saturated rings. The molecule has 35 heavy (non-hydrogen) atoms. The van der Waals surface area contributed by atoms with Crippen LogP contribution in [-0.2, 0) is 13.6 Å². The van der Waals surface area contributed by atoms with Gasteiger partial charge in [0.1, 0.15) is 11.9 Å². The van der Waals surface area contributed by atoms with Crippen LogP contribution in [0.4, 0.5) is 0 Å². The lowest BCUT2D eigenvalue weighted by Gasteiger charge is -2.39. The van der Waals surface area contributed by atoms with Gasteiger partial charge in [-0.3, -0.25) is 4.79 Å². The van der Waals surface area contributed by atoms with Gasteiger partial charge < -0.3 is 13.6 Å². The molecular weight excluding hydrogens is 468 g/mol. The van der Waals surface area contributed by atoms with Crippen molar-refractivity contribution in [2.45, 2.75) is 103 Å². The van der Waals surface area contributed by atoms with Crippen molar-refractivity contribution in [3.8, 4) is 17.6 Å². The normalized spacial score (nSPS) is 20.4. The van der Waals surface area contributed by atoms with Crippen LogP contribution in [0.3, 0.4) is 0 Å². The molecule has 0 heterocycles. The Morgan fingerprint density at radius 2 is 1.57 bits per heavy atom. The number of hydrogen-bond donors (Lipinski definition) is 0. The van der Waals surface area contributed by atoms with E-state index in [1.165, 1.54) is 0 Å². The average Bonchev–Trinajstić information content (AvgIpc) is 2.97. The zero-order valence-electron chi connectivity index (χ0n) is 23.6. The Labute approximate surface area is 216 Å². The number of ketones is 1. The smallest absolute Gasteiger partial charge is 0.193 e. The molecule has 1 saturated carbocycles. The van der Waals surface area contributed by atoms with Crippen LogP contribution in [0.1, 0.15) is 54.4 Å². The zero-order chi connectivity index (χ0) is 26.7. The van der Waals surface area contributed by atoms with Gasteiger partial charge in [-0.25, -0.2) is 0 Å². The van der Waals surface area contributed by atoms with Crippen molar-refractivity contribution in [3.05, 3.63) is 42.5 Å². The fourth-order valence-corrected chi connectivity index (χ4v) is 5.92. The van der Waals surface area contributed by atoms with Gasteiger partial charge in [-0.15, -0.1) is 0 Å². The van der Waals surface area contributed by atoms with Gasteiger partial charge in [0.15, 0.2) is 22.4 Å². The van der Waals surface area contributed by atoms with Gasteiger partial charge in [0, 0.05) is 18.4 Å². The maximum Gasteiger partial charge on any atom is 0.193 e. The molecule has 0 bridgehead atoms. The van der Waals surface area contributed by atoms with E-state index in [9.17, 15) is 4.79 Å². The second-order valence-corrected chi connectivity index (χ2v) is 22.2. The highest BCUT2D eigenvalue weighted by Gasteiger charge is 2.45. The third kappa shape index (κ3) is 7.91. The summed E-state index contributed by atoms with van der Waals surface area (Å²) in [6.07, 6.45) is 0.485. The molecule has 0 spiro atoms. The van der Waals surface area contributed by atoms with Crippen molar-refractivity contribution in [1.29, 1.82) is 0 Å². The van der Waals surface area contributed by atoms with E-state index in [4.69, 9.17) is 13.6 Å². The minimum Gasteiger partial charge on any atom is -0.493 e. The second-order valence-electron chi connectivity index (χ2n) is 12.7. The molecule has 194 valence electrons. The summed E-state index contributed by atoms with van der Waals surface area (Å²) in [4.78, 5) is 12.6. The molecule has 1 aromatic rings. The van der Waals surface area contributed by atoms with E-state index in [0.29, 0.717) is 25.0 Å². The molecule has 1 aliphatic carbocycles. The summed E-state index contributed by atoms with van der Waals surface area (Å²) in [7, 11) is -4.11. The molecule has 2 rings (SSSR count). The van der Waals surface area contributed by atoms with Crippen LogP contribution in [0.25, 0.3) is 0 Å². The predicted octanol–water partition coefficient (Wildman–Crippen LogP) is 7.38. The second kappa shape index (κ2) is 11.2. The number of carbonyl (C=O) groups excluding carboxylic acids is 1. The topological polar surface area (TPSA) is 44.8 Å². The van der Waals surface area contributed by atoms with Gasteiger partial charge in [-0.1, -0.05) is 78.2 Å². The molecule has 4 nitrogen and oxygen atoms in total. The summed E-state index contributed by atoms with van der Waals surface area (Å²) in [5.74, 6) is 7.36. The molecule has 0 radical (unpaired) electrons. The monoisotopic (exact) mass is 514 g/mol.